The summed E-state index contributed by atoms with van der Waals surface area (Å²) in [6, 6.07) is 12.2. The minimum absolute atomic E-state index is 0.134. The summed E-state index contributed by atoms with van der Waals surface area (Å²) in [6.45, 7) is -2.38. The Bertz CT molecular complexity index is 937. The van der Waals surface area contributed by atoms with Crippen LogP contribution in [0.4, 0.5) is 17.6 Å². The van der Waals surface area contributed by atoms with Crippen LogP contribution in [-0.2, 0) is 16.1 Å². The summed E-state index contributed by atoms with van der Waals surface area (Å²) in [6.07, 6.45) is -2.57. The molecule has 11 heteroatoms. The lowest BCUT2D eigenvalue weighted by molar-refractivity contribution is -0.168. The molecule has 2 N–H and O–H groups in total. The van der Waals surface area contributed by atoms with E-state index in [9.17, 15) is 27.2 Å². The fourth-order valence-electron chi connectivity index (χ4n) is 2.25. The lowest BCUT2D eigenvalue weighted by atomic mass is 10.1. The molecule has 2 aromatic carbocycles. The molecule has 166 valence electrons. The molecule has 0 saturated carbocycles. The third kappa shape index (κ3) is 7.70. The second-order valence-electron chi connectivity index (χ2n) is 6.17. The molecule has 0 radical (unpaired) electrons. The SMILES string of the molecule is O=C(O)COc1ccccc1/C=N/NC(=O)c1cccc(COCC(F)(F)C(F)F)c1. The maximum Gasteiger partial charge on any atom is 0.341 e. The molecule has 0 saturated heterocycles. The number of hydrazone groups is 1. The Kier molecular flexibility index (Phi) is 8.50. The van der Waals surface area contributed by atoms with Gasteiger partial charge >= 0.3 is 18.3 Å². The van der Waals surface area contributed by atoms with Gasteiger partial charge in [-0.3, -0.25) is 4.79 Å². The van der Waals surface area contributed by atoms with Crippen LogP contribution in [0.15, 0.2) is 53.6 Å². The Hall–Kier alpha value is -3.47. The molecule has 7 nitrogen and oxygen atoms in total. The van der Waals surface area contributed by atoms with Crippen molar-refractivity contribution in [3.05, 3.63) is 65.2 Å². The van der Waals surface area contributed by atoms with Crippen molar-refractivity contribution in [2.45, 2.75) is 19.0 Å². The molecule has 31 heavy (non-hydrogen) atoms. The molecule has 0 bridgehead atoms. The third-order valence-electron chi connectivity index (χ3n) is 3.71. The van der Waals surface area contributed by atoms with Crippen molar-refractivity contribution in [1.29, 1.82) is 0 Å². The average molecular weight is 442 g/mol. The summed E-state index contributed by atoms with van der Waals surface area (Å²) in [4.78, 5) is 22.8. The number of para-hydroxylation sites is 1. The summed E-state index contributed by atoms with van der Waals surface area (Å²) in [5.74, 6) is -5.78. The number of hydrogen-bond donors (Lipinski definition) is 2. The summed E-state index contributed by atoms with van der Waals surface area (Å²) >= 11 is 0. The molecular formula is C20H18F4N2O5. The number of hydrogen-bond acceptors (Lipinski definition) is 5. The topological polar surface area (TPSA) is 97.2 Å². The van der Waals surface area contributed by atoms with Gasteiger partial charge in [-0.05, 0) is 29.8 Å². The molecule has 0 spiro atoms. The van der Waals surface area contributed by atoms with Crippen LogP contribution in [0.3, 0.4) is 0 Å². The molecule has 0 unspecified atom stereocenters. The number of amides is 1. The smallest absolute Gasteiger partial charge is 0.341 e. The van der Waals surface area contributed by atoms with Gasteiger partial charge in [0.25, 0.3) is 5.91 Å². The zero-order valence-corrected chi connectivity index (χ0v) is 15.9. The molecule has 0 heterocycles. The van der Waals surface area contributed by atoms with Crippen LogP contribution < -0.4 is 10.2 Å². The van der Waals surface area contributed by atoms with E-state index in [0.717, 1.165) is 0 Å². The molecular weight excluding hydrogens is 424 g/mol. The normalized spacial score (nSPS) is 11.6. The average Bonchev–Trinajstić information content (AvgIpc) is 2.73. The van der Waals surface area contributed by atoms with Gasteiger partial charge in [0, 0.05) is 11.1 Å². The molecule has 0 aliphatic rings. The fourth-order valence-corrected chi connectivity index (χ4v) is 2.25. The van der Waals surface area contributed by atoms with Crippen molar-refractivity contribution in [2.24, 2.45) is 5.10 Å². The van der Waals surface area contributed by atoms with E-state index in [-0.39, 0.29) is 17.9 Å². The van der Waals surface area contributed by atoms with Crippen LogP contribution in [0, 0.1) is 0 Å². The van der Waals surface area contributed by atoms with Gasteiger partial charge in [0.1, 0.15) is 12.4 Å². The van der Waals surface area contributed by atoms with Crippen LogP contribution in [0.25, 0.3) is 0 Å². The maximum atomic E-state index is 12.9. The Balaban J connectivity index is 1.95. The van der Waals surface area contributed by atoms with Crippen molar-refractivity contribution in [1.82, 2.24) is 5.43 Å². The van der Waals surface area contributed by atoms with E-state index in [1.54, 1.807) is 18.2 Å². The van der Waals surface area contributed by atoms with Crippen molar-refractivity contribution in [3.63, 3.8) is 0 Å². The first kappa shape index (κ1) is 23.8. The van der Waals surface area contributed by atoms with Gasteiger partial charge in [-0.15, -0.1) is 0 Å². The number of carboxylic acids is 1. The minimum Gasteiger partial charge on any atom is -0.481 e. The molecule has 0 atom stereocenters. The first-order valence-corrected chi connectivity index (χ1v) is 8.78. The number of halogens is 4. The van der Waals surface area contributed by atoms with Crippen LogP contribution in [0.5, 0.6) is 5.75 Å². The van der Waals surface area contributed by atoms with Crippen LogP contribution >= 0.6 is 0 Å². The van der Waals surface area contributed by atoms with Crippen LogP contribution in [0.1, 0.15) is 21.5 Å². The Morgan fingerprint density at radius 2 is 1.90 bits per heavy atom. The second kappa shape index (κ2) is 11.1. The summed E-state index contributed by atoms with van der Waals surface area (Å²) < 4.78 is 59.7. The van der Waals surface area contributed by atoms with E-state index in [2.05, 4.69) is 15.3 Å². The van der Waals surface area contributed by atoms with Crippen molar-refractivity contribution >= 4 is 18.1 Å². The first-order chi connectivity index (χ1) is 14.7. The number of nitrogens with one attached hydrogen (secondary N) is 1. The quantitative estimate of drug-likeness (QED) is 0.316. The molecule has 0 aromatic heterocycles. The highest BCUT2D eigenvalue weighted by molar-refractivity contribution is 5.95. The van der Waals surface area contributed by atoms with E-state index in [1.807, 2.05) is 0 Å². The lowest BCUT2D eigenvalue weighted by Crippen LogP contribution is -2.32. The summed E-state index contributed by atoms with van der Waals surface area (Å²) in [5.41, 5.74) is 3.14. The van der Waals surface area contributed by atoms with Crippen molar-refractivity contribution in [3.8, 4) is 5.75 Å². The molecule has 0 fully saturated rings. The monoisotopic (exact) mass is 442 g/mol. The van der Waals surface area contributed by atoms with Gasteiger partial charge < -0.3 is 14.6 Å². The Labute approximate surface area is 174 Å². The molecule has 2 aromatic rings. The highest BCUT2D eigenvalue weighted by Crippen LogP contribution is 2.23. The van der Waals surface area contributed by atoms with Gasteiger partial charge in [0.2, 0.25) is 0 Å². The van der Waals surface area contributed by atoms with Gasteiger partial charge in [0.05, 0.1) is 12.8 Å². The Morgan fingerprint density at radius 1 is 1.16 bits per heavy atom. The van der Waals surface area contributed by atoms with Crippen LogP contribution in [0.2, 0.25) is 0 Å². The summed E-state index contributed by atoms with van der Waals surface area (Å²) in [5, 5.41) is 12.5. The number of ether oxygens (including phenoxy) is 2. The molecule has 0 aliphatic heterocycles. The zero-order chi connectivity index (χ0) is 22.9. The van der Waals surface area contributed by atoms with Gasteiger partial charge in [0.15, 0.2) is 6.61 Å². The number of rotatable bonds is 11. The molecule has 1 amide bonds. The van der Waals surface area contributed by atoms with E-state index >= 15 is 0 Å². The fraction of sp³-hybridized carbons (Fsp3) is 0.250. The second-order valence-corrected chi connectivity index (χ2v) is 6.17. The lowest BCUT2D eigenvalue weighted by Gasteiger charge is -2.15. The van der Waals surface area contributed by atoms with Crippen LogP contribution in [-0.4, -0.2) is 48.8 Å². The number of alkyl halides is 4. The minimum atomic E-state index is -4.26. The third-order valence-corrected chi connectivity index (χ3v) is 3.71. The van der Waals surface area contributed by atoms with E-state index in [0.29, 0.717) is 11.1 Å². The maximum absolute atomic E-state index is 12.9. The predicted molar refractivity (Wildman–Crippen MR) is 102 cm³/mol. The van der Waals surface area contributed by atoms with Gasteiger partial charge in [-0.2, -0.15) is 13.9 Å². The van der Waals surface area contributed by atoms with Crippen molar-refractivity contribution < 1.29 is 41.7 Å². The standard InChI is InChI=1S/C20H18F4N2O5/c21-19(22)20(23,24)12-30-10-13-4-3-6-14(8-13)18(29)26-25-9-15-5-1-2-7-16(15)31-11-17(27)28/h1-9,19H,10-12H2,(H,26,29)(H,27,28)/b25-9+. The summed E-state index contributed by atoms with van der Waals surface area (Å²) in [7, 11) is 0. The number of carbonyl (C=O) groups excluding carboxylic acids is 1. The zero-order valence-electron chi connectivity index (χ0n) is 15.9. The number of benzene rings is 2. The molecule has 0 aliphatic carbocycles. The highest BCUT2D eigenvalue weighted by atomic mass is 19.3. The largest absolute Gasteiger partial charge is 0.481 e. The van der Waals surface area contributed by atoms with Crippen molar-refractivity contribution in [2.75, 3.05) is 13.2 Å². The van der Waals surface area contributed by atoms with E-state index in [4.69, 9.17) is 9.84 Å². The number of nitrogens with zero attached hydrogens (tertiary/aromatic N) is 1. The van der Waals surface area contributed by atoms with E-state index in [1.165, 1.54) is 36.5 Å². The number of carbonyl (C=O) groups is 2. The molecule has 2 rings (SSSR count). The predicted octanol–water partition coefficient (Wildman–Crippen LogP) is 3.33. The van der Waals surface area contributed by atoms with Gasteiger partial charge in [-0.1, -0.05) is 24.3 Å². The highest BCUT2D eigenvalue weighted by Gasteiger charge is 2.40. The number of carboxylic acid groups (broad SMARTS) is 1. The Morgan fingerprint density at radius 3 is 2.61 bits per heavy atom. The van der Waals surface area contributed by atoms with Gasteiger partial charge in [-0.25, -0.2) is 19.0 Å². The van der Waals surface area contributed by atoms with E-state index < -0.39 is 37.4 Å². The first-order valence-electron chi connectivity index (χ1n) is 8.78. The number of aliphatic carboxylic acids is 1.